The van der Waals surface area contributed by atoms with Crippen LogP contribution in [-0.4, -0.2) is 28.3 Å². The number of nitrogens with one attached hydrogen (secondary N) is 1. The minimum atomic E-state index is -4.28. The number of Topliss-reactive ketones (excluding diaryl/α,β-unsaturated/α-hetero) is 1. The zero-order valence-electron chi connectivity index (χ0n) is 18.6. The molecule has 0 aliphatic carbocycles. The molecule has 174 valence electrons. The first-order valence-corrected chi connectivity index (χ1v) is 12.2. The van der Waals surface area contributed by atoms with Crippen molar-refractivity contribution in [2.24, 2.45) is 0 Å². The van der Waals surface area contributed by atoms with Gasteiger partial charge in [0.1, 0.15) is 6.07 Å². The molecule has 3 rings (SSSR count). The van der Waals surface area contributed by atoms with Crippen LogP contribution in [0.4, 0.5) is 5.69 Å². The van der Waals surface area contributed by atoms with E-state index in [1.807, 2.05) is 25.1 Å². The first-order valence-electron chi connectivity index (χ1n) is 9.98. The monoisotopic (exact) mass is 512 g/mol. The van der Waals surface area contributed by atoms with Crippen LogP contribution in [0.5, 0.6) is 0 Å². The molecule has 1 N–H and O–H groups in total. The molecule has 2 aromatic carbocycles. The average Bonchev–Trinajstić information content (AvgIpc) is 2.81. The Morgan fingerprint density at radius 3 is 2.29 bits per heavy atom. The van der Waals surface area contributed by atoms with E-state index in [0.29, 0.717) is 10.6 Å². The number of carbonyl (C=O) groups excluding carboxylic acids is 1. The smallest absolute Gasteiger partial charge is 0.327 e. The Morgan fingerprint density at radius 1 is 1.12 bits per heavy atom. The lowest BCUT2D eigenvalue weighted by atomic mass is 10.0. The Bertz CT molecular complexity index is 1410. The lowest BCUT2D eigenvalue weighted by Crippen LogP contribution is -2.43. The highest BCUT2D eigenvalue weighted by molar-refractivity contribution is 7.90. The zero-order chi connectivity index (χ0) is 25.0. The number of halogens is 1. The van der Waals surface area contributed by atoms with E-state index < -0.39 is 15.8 Å². The number of hydrogen-bond donors (Lipinski definition) is 1. The van der Waals surface area contributed by atoms with Crippen LogP contribution in [0.1, 0.15) is 15.9 Å². The van der Waals surface area contributed by atoms with Crippen LogP contribution in [0.2, 0.25) is 5.02 Å². The summed E-state index contributed by atoms with van der Waals surface area (Å²) in [5.74, 6) is -0.848. The van der Waals surface area contributed by atoms with Crippen molar-refractivity contribution in [3.05, 3.63) is 88.7 Å². The highest BCUT2D eigenvalue weighted by atomic mass is 35.5. The molecule has 0 saturated heterocycles. The Labute approximate surface area is 209 Å². The molecule has 7 nitrogen and oxygen atoms in total. The van der Waals surface area contributed by atoms with Crippen molar-refractivity contribution in [2.45, 2.75) is 16.7 Å². The molecule has 0 saturated carbocycles. The van der Waals surface area contributed by atoms with Gasteiger partial charge in [-0.25, -0.2) is 4.57 Å². The number of nitrogens with zero attached hydrogens (tertiary/aromatic N) is 3. The van der Waals surface area contributed by atoms with E-state index in [0.717, 1.165) is 5.69 Å². The van der Waals surface area contributed by atoms with Gasteiger partial charge in [-0.15, -0.1) is 0 Å². The Balaban J connectivity index is 2.21. The summed E-state index contributed by atoms with van der Waals surface area (Å²) in [6.45, 7) is 1.65. The molecule has 0 aliphatic heterocycles. The maximum atomic E-state index is 13.4. The Kier molecular flexibility index (Phi) is 7.57. The average molecular weight is 513 g/mol. The maximum Gasteiger partial charge on any atom is 0.327 e. The molecule has 1 aromatic heterocycles. The van der Waals surface area contributed by atoms with Crippen LogP contribution in [0.25, 0.3) is 5.82 Å². The van der Waals surface area contributed by atoms with Gasteiger partial charge in [0.05, 0.1) is 17.3 Å². The normalized spacial score (nSPS) is 11.9. The molecule has 0 radical (unpaired) electrons. The summed E-state index contributed by atoms with van der Waals surface area (Å²) < 4.78 is 30.5. The number of aromatic nitrogens is 1. The topological polar surface area (TPSA) is 94.1 Å². The summed E-state index contributed by atoms with van der Waals surface area (Å²) >= 11 is 11.3. The van der Waals surface area contributed by atoms with Crippen LogP contribution >= 0.6 is 11.6 Å². The number of anilines is 1. The van der Waals surface area contributed by atoms with Gasteiger partial charge in [0.2, 0.25) is 5.78 Å². The summed E-state index contributed by atoms with van der Waals surface area (Å²) in [6.07, 6.45) is 3.12. The summed E-state index contributed by atoms with van der Waals surface area (Å²) in [7, 11) is -0.572. The predicted octanol–water partition coefficient (Wildman–Crippen LogP) is 3.46. The van der Waals surface area contributed by atoms with Gasteiger partial charge >= 0.3 is 15.8 Å². The van der Waals surface area contributed by atoms with Crippen LogP contribution < -0.4 is 14.2 Å². The molecule has 10 heteroatoms. The van der Waals surface area contributed by atoms with E-state index in [1.165, 1.54) is 16.7 Å². The van der Waals surface area contributed by atoms with Crippen molar-refractivity contribution >= 4 is 51.5 Å². The van der Waals surface area contributed by atoms with E-state index in [2.05, 4.69) is 4.72 Å². The standard InChI is InChI=1S/C24H21ClN4O3S2/c1-16-13-22(21(33)14-20(16)25)34(31,32)27-24(29-11-9-18(10-12-29)28(2)3)19(15-26)23(30)17-7-5-4-6-8-17/h4-14H,1-3H3,(H-,27,30,33). The third-order valence-corrected chi connectivity index (χ3v) is 7.20. The molecule has 0 aliphatic rings. The Hall–Kier alpha value is -3.45. The minimum absolute atomic E-state index is 0.0169. The van der Waals surface area contributed by atoms with Crippen molar-refractivity contribution in [3.63, 3.8) is 0 Å². The minimum Gasteiger partial charge on any atom is -0.778 e. The maximum absolute atomic E-state index is 13.4. The molecule has 0 amide bonds. The van der Waals surface area contributed by atoms with Gasteiger partial charge in [-0.2, -0.15) is 23.3 Å². The van der Waals surface area contributed by atoms with Crippen molar-refractivity contribution in [3.8, 4) is 6.07 Å². The number of ketones is 1. The highest BCUT2D eigenvalue weighted by Crippen LogP contribution is 2.25. The van der Waals surface area contributed by atoms with Gasteiger partial charge in [0.15, 0.2) is 5.57 Å². The van der Waals surface area contributed by atoms with Gasteiger partial charge in [0, 0.05) is 42.5 Å². The number of benzene rings is 2. The quantitative estimate of drug-likeness (QED) is 0.171. The fourth-order valence-electron chi connectivity index (χ4n) is 3.07. The van der Waals surface area contributed by atoms with E-state index in [9.17, 15) is 18.5 Å². The van der Waals surface area contributed by atoms with E-state index in [1.54, 1.807) is 61.8 Å². The van der Waals surface area contributed by atoms with Crippen molar-refractivity contribution in [1.29, 1.82) is 5.26 Å². The van der Waals surface area contributed by atoms with E-state index in [4.69, 9.17) is 24.2 Å². The van der Waals surface area contributed by atoms with Gasteiger partial charge in [-0.1, -0.05) is 48.0 Å². The fourth-order valence-corrected chi connectivity index (χ4v) is 5.03. The largest absolute Gasteiger partial charge is 0.778 e. The predicted molar refractivity (Wildman–Crippen MR) is 133 cm³/mol. The molecule has 0 bridgehead atoms. The van der Waals surface area contributed by atoms with Crippen LogP contribution in [0.15, 0.2) is 82.4 Å². The fraction of sp³-hybridized carbons (Fsp3) is 0.125. The molecule has 3 aromatic rings. The van der Waals surface area contributed by atoms with E-state index >= 15 is 0 Å². The third-order valence-electron chi connectivity index (χ3n) is 4.94. The molecular weight excluding hydrogens is 492 g/mol. The first kappa shape index (κ1) is 25.2. The second-order valence-corrected chi connectivity index (χ2v) is 10.0. The van der Waals surface area contributed by atoms with Gasteiger partial charge in [-0.3, -0.25) is 4.79 Å². The van der Waals surface area contributed by atoms with Crippen molar-refractivity contribution in [2.75, 3.05) is 19.0 Å². The molecule has 1 heterocycles. The highest BCUT2D eigenvalue weighted by Gasteiger charge is 2.31. The van der Waals surface area contributed by atoms with Crippen molar-refractivity contribution < 1.29 is 17.8 Å². The number of aryl methyl sites for hydroxylation is 1. The van der Waals surface area contributed by atoms with Gasteiger partial charge in [-0.05, 0) is 18.6 Å². The number of pyridine rings is 1. The number of allylic oxidation sites excluding steroid dienone is 1. The first-order chi connectivity index (χ1) is 16.0. The van der Waals surface area contributed by atoms with Crippen molar-refractivity contribution in [1.82, 2.24) is 4.72 Å². The second-order valence-electron chi connectivity index (χ2n) is 7.54. The lowest BCUT2D eigenvalue weighted by molar-refractivity contribution is -0.584. The Morgan fingerprint density at radius 2 is 1.74 bits per heavy atom. The molecule has 0 unspecified atom stereocenters. The summed E-state index contributed by atoms with van der Waals surface area (Å²) in [5.41, 5.74) is 1.22. The van der Waals surface area contributed by atoms with Crippen LogP contribution in [-0.2, 0) is 22.7 Å². The summed E-state index contributed by atoms with van der Waals surface area (Å²) in [5, 5.41) is 10.2. The zero-order valence-corrected chi connectivity index (χ0v) is 21.0. The number of hydrogen-bond acceptors (Lipinski definition) is 6. The second kappa shape index (κ2) is 10.2. The molecular formula is C24H21ClN4O3S2. The number of rotatable bonds is 7. The third kappa shape index (κ3) is 5.37. The van der Waals surface area contributed by atoms with Gasteiger partial charge < -0.3 is 17.5 Å². The lowest BCUT2D eigenvalue weighted by Gasteiger charge is -2.16. The molecule has 0 fully saturated rings. The van der Waals surface area contributed by atoms with Gasteiger partial charge in [0.25, 0.3) is 0 Å². The number of carbonyl (C=O) groups is 1. The molecule has 0 atom stereocenters. The molecule has 34 heavy (non-hydrogen) atoms. The summed E-state index contributed by atoms with van der Waals surface area (Å²) in [4.78, 5) is 14.9. The summed E-state index contributed by atoms with van der Waals surface area (Å²) in [6, 6.07) is 16.2. The van der Waals surface area contributed by atoms with Crippen LogP contribution in [0.3, 0.4) is 0 Å². The van der Waals surface area contributed by atoms with E-state index in [-0.39, 0.29) is 26.7 Å². The van der Waals surface area contributed by atoms with Crippen LogP contribution in [0, 0.1) is 18.3 Å². The molecule has 0 spiro atoms. The number of nitriles is 1. The number of sulfonamides is 1. The SMILES string of the molecule is Cc1cc(S(=O)(=O)N/C(=C(\C#N)C(=O)c2ccccc2)[n+]2ccc(N(C)C)cc2)c([S-])cc1Cl.